The first-order chi connectivity index (χ1) is 15.0. The molecule has 4 rings (SSSR count). The molecule has 1 saturated heterocycles. The summed E-state index contributed by atoms with van der Waals surface area (Å²) in [4.78, 5) is 18.8. The molecule has 0 aliphatic carbocycles. The topological polar surface area (TPSA) is 76.8 Å². The van der Waals surface area contributed by atoms with E-state index in [9.17, 15) is 18.8 Å². The van der Waals surface area contributed by atoms with Crippen LogP contribution in [0.4, 0.5) is 8.78 Å². The predicted molar refractivity (Wildman–Crippen MR) is 116 cm³/mol. The number of aromatic nitrogens is 2. The lowest BCUT2D eigenvalue weighted by Gasteiger charge is -2.34. The van der Waals surface area contributed by atoms with Gasteiger partial charge in [-0.1, -0.05) is 6.07 Å². The molecule has 3 heterocycles. The molecule has 1 unspecified atom stereocenters. The van der Waals surface area contributed by atoms with Crippen molar-refractivity contribution in [3.8, 4) is 6.07 Å². The summed E-state index contributed by atoms with van der Waals surface area (Å²) in [5, 5.41) is 10.3. The molecule has 0 saturated carbocycles. The number of halogens is 2. The van der Waals surface area contributed by atoms with E-state index in [0.717, 1.165) is 15.8 Å². The smallest absolute Gasteiger partial charge is 0.251 e. The molecule has 0 bridgehead atoms. The Hall–Kier alpha value is -2.83. The summed E-state index contributed by atoms with van der Waals surface area (Å²) in [5.41, 5.74) is 1.52. The van der Waals surface area contributed by atoms with Gasteiger partial charge in [0.2, 0.25) is 5.91 Å². The zero-order valence-electron chi connectivity index (χ0n) is 16.9. The summed E-state index contributed by atoms with van der Waals surface area (Å²) in [6.45, 7) is 0.572. The first-order valence-electron chi connectivity index (χ1n) is 10.2. The Morgan fingerprint density at radius 1 is 1.26 bits per heavy atom. The van der Waals surface area contributed by atoms with Gasteiger partial charge in [0.05, 0.1) is 6.04 Å². The zero-order chi connectivity index (χ0) is 21.8. The number of likely N-dealkylation sites (tertiary alicyclic amines) is 1. The van der Waals surface area contributed by atoms with Crippen LogP contribution in [0.15, 0.2) is 53.7 Å². The number of benzene rings is 1. The number of H-pyrrole nitrogens is 1. The first kappa shape index (κ1) is 21.4. The highest BCUT2D eigenvalue weighted by Gasteiger charge is 2.37. The van der Waals surface area contributed by atoms with Gasteiger partial charge in [0.15, 0.2) is 0 Å². The summed E-state index contributed by atoms with van der Waals surface area (Å²) in [6, 6.07) is 12.9. The Morgan fingerprint density at radius 2 is 2.06 bits per heavy atom. The number of aromatic amines is 1. The molecule has 3 aromatic rings. The van der Waals surface area contributed by atoms with Crippen molar-refractivity contribution in [3.63, 3.8) is 0 Å². The van der Waals surface area contributed by atoms with Gasteiger partial charge in [-0.05, 0) is 48.7 Å². The highest BCUT2D eigenvalue weighted by molar-refractivity contribution is 7.97. The van der Waals surface area contributed by atoms with E-state index in [2.05, 4.69) is 15.8 Å². The van der Waals surface area contributed by atoms with Gasteiger partial charge in [-0.25, -0.2) is 13.5 Å². The quantitative estimate of drug-likeness (QED) is 0.538. The summed E-state index contributed by atoms with van der Waals surface area (Å²) in [6.07, 6.45) is 3.48. The van der Waals surface area contributed by atoms with Crippen molar-refractivity contribution >= 4 is 28.8 Å². The molecule has 1 amide bonds. The lowest BCUT2D eigenvalue weighted by atomic mass is 10.1. The van der Waals surface area contributed by atoms with Gasteiger partial charge in [-0.2, -0.15) is 5.26 Å². The van der Waals surface area contributed by atoms with Gasteiger partial charge >= 0.3 is 0 Å². The summed E-state index contributed by atoms with van der Waals surface area (Å²) in [7, 11) is 0. The van der Waals surface area contributed by atoms with Crippen molar-refractivity contribution in [1.29, 1.82) is 5.26 Å². The molecule has 9 heteroatoms. The number of nitrogens with zero attached hydrogens (tertiary/aromatic N) is 3. The summed E-state index contributed by atoms with van der Waals surface area (Å²) >= 11 is 1.36. The van der Waals surface area contributed by atoms with Crippen LogP contribution in [0.3, 0.4) is 0 Å². The van der Waals surface area contributed by atoms with Crippen LogP contribution in [0.1, 0.15) is 25.0 Å². The Bertz CT molecular complexity index is 1090. The number of nitrogens with one attached hydrogen (secondary N) is 2. The van der Waals surface area contributed by atoms with E-state index >= 15 is 0 Å². The normalized spacial score (nSPS) is 16.9. The SMILES string of the molecule is N#Cc1cccn1CCC(NSc1cccc2[nH]ccc12)C(=O)N1CCC(F)(F)CC1. The Kier molecular flexibility index (Phi) is 6.30. The molecule has 6 nitrogen and oxygen atoms in total. The third-order valence-corrected chi connectivity index (χ3v) is 6.55. The van der Waals surface area contributed by atoms with Gasteiger partial charge < -0.3 is 14.5 Å². The van der Waals surface area contributed by atoms with E-state index < -0.39 is 12.0 Å². The molecule has 1 aliphatic heterocycles. The number of hydrogen-bond donors (Lipinski definition) is 2. The number of carbonyl (C=O) groups excluding carboxylic acids is 1. The minimum Gasteiger partial charge on any atom is -0.361 e. The van der Waals surface area contributed by atoms with Crippen molar-refractivity contribution in [3.05, 3.63) is 54.5 Å². The molecular weight excluding hydrogens is 420 g/mol. The lowest BCUT2D eigenvalue weighted by Crippen LogP contribution is -2.50. The maximum Gasteiger partial charge on any atom is 0.251 e. The number of hydrogen-bond acceptors (Lipinski definition) is 4. The average Bonchev–Trinajstić information content (AvgIpc) is 3.42. The van der Waals surface area contributed by atoms with Crippen molar-refractivity contribution < 1.29 is 13.6 Å². The number of carbonyl (C=O) groups is 1. The van der Waals surface area contributed by atoms with Crippen LogP contribution in [0, 0.1) is 11.3 Å². The first-order valence-corrected chi connectivity index (χ1v) is 11.0. The molecule has 2 aromatic heterocycles. The van der Waals surface area contributed by atoms with Crippen LogP contribution in [0.25, 0.3) is 10.9 Å². The molecule has 1 atom stereocenters. The standard InChI is InChI=1S/C22H23F2N5OS/c23-22(24)8-13-29(14-9-22)21(30)19(7-12-28-11-2-3-16(28)15-25)27-31-20-5-1-4-18-17(20)6-10-26-18/h1-6,10-11,19,26-27H,7-9,12-14H2. The van der Waals surface area contributed by atoms with Gasteiger partial charge in [0.25, 0.3) is 5.92 Å². The maximum atomic E-state index is 13.6. The second-order valence-corrected chi connectivity index (χ2v) is 8.52. The minimum atomic E-state index is -2.70. The average molecular weight is 444 g/mol. The van der Waals surface area contributed by atoms with E-state index in [4.69, 9.17) is 0 Å². The molecule has 1 aromatic carbocycles. The molecule has 1 fully saturated rings. The van der Waals surface area contributed by atoms with Crippen LogP contribution in [0.2, 0.25) is 0 Å². The fourth-order valence-electron chi connectivity index (χ4n) is 3.77. The van der Waals surface area contributed by atoms with Gasteiger partial charge in [0, 0.05) is 60.7 Å². The summed E-state index contributed by atoms with van der Waals surface area (Å²) < 4.78 is 32.2. The van der Waals surface area contributed by atoms with Crippen molar-refractivity contribution in [2.45, 2.75) is 42.7 Å². The number of nitriles is 1. The number of fused-ring (bicyclic) bond motifs is 1. The number of rotatable bonds is 7. The van der Waals surface area contributed by atoms with Crippen LogP contribution in [0.5, 0.6) is 0 Å². The number of alkyl halides is 2. The number of aryl methyl sites for hydroxylation is 1. The Morgan fingerprint density at radius 3 is 2.84 bits per heavy atom. The summed E-state index contributed by atoms with van der Waals surface area (Å²) in [5.74, 6) is -2.89. The van der Waals surface area contributed by atoms with Gasteiger partial charge in [-0.15, -0.1) is 0 Å². The molecule has 1 aliphatic rings. The number of amides is 1. The molecule has 2 N–H and O–H groups in total. The van der Waals surface area contributed by atoms with Gasteiger partial charge in [-0.3, -0.25) is 4.79 Å². The molecule has 31 heavy (non-hydrogen) atoms. The molecule has 162 valence electrons. The fourth-order valence-corrected chi connectivity index (χ4v) is 4.69. The van der Waals surface area contributed by atoms with Crippen LogP contribution < -0.4 is 4.72 Å². The van der Waals surface area contributed by atoms with E-state index in [0.29, 0.717) is 18.7 Å². The van der Waals surface area contributed by atoms with Crippen LogP contribution in [-0.2, 0) is 11.3 Å². The van der Waals surface area contributed by atoms with E-state index in [1.54, 1.807) is 22.9 Å². The van der Waals surface area contributed by atoms with Crippen LogP contribution >= 0.6 is 11.9 Å². The van der Waals surface area contributed by atoms with Gasteiger partial charge in [0.1, 0.15) is 11.8 Å². The van der Waals surface area contributed by atoms with E-state index in [1.165, 1.54) is 16.8 Å². The highest BCUT2D eigenvalue weighted by Crippen LogP contribution is 2.29. The highest BCUT2D eigenvalue weighted by atomic mass is 32.2. The van der Waals surface area contributed by atoms with Crippen LogP contribution in [-0.4, -0.2) is 45.4 Å². The number of piperidine rings is 1. The molecule has 0 radical (unpaired) electrons. The van der Waals surface area contributed by atoms with E-state index in [-0.39, 0.29) is 31.8 Å². The zero-order valence-corrected chi connectivity index (χ0v) is 17.7. The Labute approximate surface area is 183 Å². The third-order valence-electron chi connectivity index (χ3n) is 5.57. The predicted octanol–water partition coefficient (Wildman–Crippen LogP) is 4.15. The van der Waals surface area contributed by atoms with Crippen molar-refractivity contribution in [2.75, 3.05) is 13.1 Å². The second kappa shape index (κ2) is 9.12. The maximum absolute atomic E-state index is 13.6. The minimum absolute atomic E-state index is 0.0506. The monoisotopic (exact) mass is 443 g/mol. The third kappa shape index (κ3) is 4.92. The lowest BCUT2D eigenvalue weighted by molar-refractivity contribution is -0.139. The fraction of sp³-hybridized carbons (Fsp3) is 0.364. The van der Waals surface area contributed by atoms with E-state index in [1.807, 2.05) is 30.5 Å². The second-order valence-electron chi connectivity index (χ2n) is 7.64. The Balaban J connectivity index is 1.48. The van der Waals surface area contributed by atoms with Crippen molar-refractivity contribution in [1.82, 2.24) is 19.2 Å². The van der Waals surface area contributed by atoms with Crippen molar-refractivity contribution in [2.24, 2.45) is 0 Å². The molecular formula is C22H23F2N5OS. The molecule has 0 spiro atoms. The largest absolute Gasteiger partial charge is 0.361 e.